The second-order valence-corrected chi connectivity index (χ2v) is 12.1. The fraction of sp³-hybridized carbons (Fsp3) is 0.435. The normalized spacial score (nSPS) is 17.8. The van der Waals surface area contributed by atoms with Crippen molar-refractivity contribution in [1.29, 1.82) is 0 Å². The number of sulfonamides is 1. The molecule has 1 unspecified atom stereocenters. The Hall–Kier alpha value is -2.34. The van der Waals surface area contributed by atoms with Crippen LogP contribution in [0.3, 0.4) is 0 Å². The van der Waals surface area contributed by atoms with E-state index in [1.165, 1.54) is 27.0 Å². The van der Waals surface area contributed by atoms with E-state index in [1.807, 2.05) is 18.2 Å². The number of hydrogen-bond acceptors (Lipinski definition) is 7. The summed E-state index contributed by atoms with van der Waals surface area (Å²) in [4.78, 5) is 30.2. The Kier molecular flexibility index (Phi) is 7.66. The van der Waals surface area contributed by atoms with Gasteiger partial charge in [0.2, 0.25) is 0 Å². The van der Waals surface area contributed by atoms with Gasteiger partial charge in [0.15, 0.2) is 4.80 Å². The van der Waals surface area contributed by atoms with Crippen LogP contribution in [0.4, 0.5) is 0 Å². The van der Waals surface area contributed by atoms with Crippen molar-refractivity contribution in [3.05, 3.63) is 46.1 Å². The average Bonchev–Trinajstić information content (AvgIpc) is 3.48. The molecule has 4 rings (SSSR count). The lowest BCUT2D eigenvalue weighted by Crippen LogP contribution is -2.42. The van der Waals surface area contributed by atoms with Gasteiger partial charge >= 0.3 is 5.97 Å². The molecule has 3 aromatic rings. The van der Waals surface area contributed by atoms with Crippen LogP contribution in [-0.2, 0) is 37.3 Å². The summed E-state index contributed by atoms with van der Waals surface area (Å²) in [6.45, 7) is 4.52. The highest BCUT2D eigenvalue weighted by atomic mass is 32.2. The highest BCUT2D eigenvalue weighted by Crippen LogP contribution is 2.27. The van der Waals surface area contributed by atoms with Crippen molar-refractivity contribution in [2.45, 2.75) is 43.9 Å². The maximum atomic E-state index is 13.2. The standard InChI is InChI=1S/C23H27N3O5S3/c1-3-16-9-10-18-19(13-16)33-23(26(18)15-20(27)31-4-2)24-22(28)17-7-5-11-25(14-17)34(29,30)21-8-6-12-32-21/h6,8-10,12-13,17H,3-5,7,11,14-15H2,1-2H3. The molecule has 0 saturated carbocycles. The third-order valence-electron chi connectivity index (χ3n) is 5.78. The van der Waals surface area contributed by atoms with Gasteiger partial charge in [-0.15, -0.1) is 11.3 Å². The number of thiophene rings is 1. The lowest BCUT2D eigenvalue weighted by atomic mass is 9.99. The van der Waals surface area contributed by atoms with Gasteiger partial charge in [0.25, 0.3) is 15.9 Å². The van der Waals surface area contributed by atoms with E-state index < -0.39 is 21.9 Å². The predicted octanol–water partition coefficient (Wildman–Crippen LogP) is 3.42. The number of carbonyl (C=O) groups is 2. The molecule has 2 aromatic heterocycles. The highest BCUT2D eigenvalue weighted by molar-refractivity contribution is 7.91. The van der Waals surface area contributed by atoms with Gasteiger partial charge in [-0.1, -0.05) is 30.4 Å². The van der Waals surface area contributed by atoms with Crippen molar-refractivity contribution >= 4 is 54.8 Å². The molecular weight excluding hydrogens is 494 g/mol. The number of fused-ring (bicyclic) bond motifs is 1. The molecule has 1 atom stereocenters. The smallest absolute Gasteiger partial charge is 0.326 e. The molecule has 0 N–H and O–H groups in total. The van der Waals surface area contributed by atoms with Crippen LogP contribution >= 0.6 is 22.7 Å². The van der Waals surface area contributed by atoms with E-state index in [9.17, 15) is 18.0 Å². The fourth-order valence-electron chi connectivity index (χ4n) is 4.00. The summed E-state index contributed by atoms with van der Waals surface area (Å²) >= 11 is 2.52. The Balaban J connectivity index is 1.65. The maximum Gasteiger partial charge on any atom is 0.326 e. The quantitative estimate of drug-likeness (QED) is 0.444. The highest BCUT2D eigenvalue weighted by Gasteiger charge is 2.33. The lowest BCUT2D eigenvalue weighted by molar-refractivity contribution is -0.143. The molecule has 0 aliphatic carbocycles. The Morgan fingerprint density at radius 1 is 1.24 bits per heavy atom. The van der Waals surface area contributed by atoms with Crippen molar-refractivity contribution < 1.29 is 22.7 Å². The van der Waals surface area contributed by atoms with Crippen LogP contribution in [0.1, 0.15) is 32.3 Å². The zero-order valence-corrected chi connectivity index (χ0v) is 21.5. The van der Waals surface area contributed by atoms with Gasteiger partial charge in [-0.3, -0.25) is 9.59 Å². The third kappa shape index (κ3) is 5.17. The summed E-state index contributed by atoms with van der Waals surface area (Å²) in [6.07, 6.45) is 2.03. The van der Waals surface area contributed by atoms with Crippen molar-refractivity contribution in [2.24, 2.45) is 10.9 Å². The van der Waals surface area contributed by atoms with Crippen molar-refractivity contribution in [3.63, 3.8) is 0 Å². The third-order valence-corrected chi connectivity index (χ3v) is 10.1. The number of ether oxygens (including phenoxy) is 1. The number of thiazole rings is 1. The van der Waals surface area contributed by atoms with E-state index in [0.29, 0.717) is 24.2 Å². The minimum Gasteiger partial charge on any atom is -0.465 e. The molecule has 34 heavy (non-hydrogen) atoms. The van der Waals surface area contributed by atoms with Crippen LogP contribution in [-0.4, -0.2) is 48.9 Å². The Bertz CT molecular complexity index is 1360. The molecule has 8 nitrogen and oxygen atoms in total. The van der Waals surface area contributed by atoms with Gasteiger partial charge < -0.3 is 9.30 Å². The van der Waals surface area contributed by atoms with Gasteiger partial charge in [-0.25, -0.2) is 8.42 Å². The van der Waals surface area contributed by atoms with E-state index in [-0.39, 0.29) is 29.8 Å². The summed E-state index contributed by atoms with van der Waals surface area (Å²) in [5, 5.41) is 1.72. The van der Waals surface area contributed by atoms with Gasteiger partial charge in [-0.2, -0.15) is 9.30 Å². The van der Waals surface area contributed by atoms with Gasteiger partial charge in [-0.05, 0) is 55.3 Å². The molecule has 1 aliphatic heterocycles. The summed E-state index contributed by atoms with van der Waals surface area (Å²) in [5.41, 5.74) is 1.96. The Labute approximate surface area is 206 Å². The molecule has 1 aromatic carbocycles. The minimum atomic E-state index is -3.62. The van der Waals surface area contributed by atoms with Crippen LogP contribution in [0.2, 0.25) is 0 Å². The molecule has 11 heteroatoms. The molecular formula is C23H27N3O5S3. The SMILES string of the molecule is CCOC(=O)Cn1c(=NC(=O)C2CCCN(S(=O)(=O)c3cccs3)C2)sc2cc(CC)ccc21. The molecule has 0 spiro atoms. The number of aromatic nitrogens is 1. The zero-order chi connectivity index (χ0) is 24.3. The number of hydrogen-bond donors (Lipinski definition) is 0. The molecule has 1 aliphatic rings. The van der Waals surface area contributed by atoms with Crippen LogP contribution < -0.4 is 4.80 Å². The number of aryl methyl sites for hydroxylation is 1. The maximum absolute atomic E-state index is 13.2. The fourth-order valence-corrected chi connectivity index (χ4v) is 7.76. The number of rotatable bonds is 7. The predicted molar refractivity (Wildman–Crippen MR) is 132 cm³/mol. The van der Waals surface area contributed by atoms with Crippen LogP contribution in [0, 0.1) is 5.92 Å². The summed E-state index contributed by atoms with van der Waals surface area (Å²) in [5.74, 6) is -1.30. The number of esters is 1. The first-order chi connectivity index (χ1) is 16.3. The second kappa shape index (κ2) is 10.5. The van der Waals surface area contributed by atoms with E-state index in [1.54, 1.807) is 29.0 Å². The molecule has 1 saturated heterocycles. The topological polar surface area (TPSA) is 98.0 Å². The second-order valence-electron chi connectivity index (χ2n) is 8.02. The first-order valence-corrected chi connectivity index (χ1v) is 14.4. The van der Waals surface area contributed by atoms with E-state index >= 15 is 0 Å². The summed E-state index contributed by atoms with van der Waals surface area (Å²) < 4.78 is 35.3. The molecule has 3 heterocycles. The largest absolute Gasteiger partial charge is 0.465 e. The monoisotopic (exact) mass is 521 g/mol. The molecule has 182 valence electrons. The summed E-state index contributed by atoms with van der Waals surface area (Å²) in [7, 11) is -3.62. The average molecular weight is 522 g/mol. The van der Waals surface area contributed by atoms with Crippen LogP contribution in [0.15, 0.2) is 44.9 Å². The Morgan fingerprint density at radius 2 is 2.06 bits per heavy atom. The summed E-state index contributed by atoms with van der Waals surface area (Å²) in [6, 6.07) is 9.25. The molecule has 1 amide bonds. The molecule has 0 bridgehead atoms. The lowest BCUT2D eigenvalue weighted by Gasteiger charge is -2.29. The first-order valence-electron chi connectivity index (χ1n) is 11.2. The van der Waals surface area contributed by atoms with E-state index in [4.69, 9.17) is 4.74 Å². The van der Waals surface area contributed by atoms with Crippen LogP contribution in [0.25, 0.3) is 10.2 Å². The number of nitrogens with zero attached hydrogens (tertiary/aromatic N) is 3. The van der Waals surface area contributed by atoms with Gasteiger partial charge in [0, 0.05) is 13.1 Å². The minimum absolute atomic E-state index is 0.0467. The van der Waals surface area contributed by atoms with E-state index in [2.05, 4.69) is 11.9 Å². The number of piperidine rings is 1. The van der Waals surface area contributed by atoms with Crippen molar-refractivity contribution in [1.82, 2.24) is 8.87 Å². The van der Waals surface area contributed by atoms with Gasteiger partial charge in [0.05, 0.1) is 22.7 Å². The van der Waals surface area contributed by atoms with Crippen LogP contribution in [0.5, 0.6) is 0 Å². The first kappa shape index (κ1) is 24.8. The zero-order valence-electron chi connectivity index (χ0n) is 19.1. The number of benzene rings is 1. The van der Waals surface area contributed by atoms with Crippen molar-refractivity contribution in [2.75, 3.05) is 19.7 Å². The van der Waals surface area contributed by atoms with E-state index in [0.717, 1.165) is 22.2 Å². The van der Waals surface area contributed by atoms with Gasteiger partial charge in [0.1, 0.15) is 10.8 Å². The van der Waals surface area contributed by atoms with Crippen molar-refractivity contribution in [3.8, 4) is 0 Å². The number of amides is 1. The molecule has 1 fully saturated rings. The Morgan fingerprint density at radius 3 is 2.76 bits per heavy atom. The number of carbonyl (C=O) groups excluding carboxylic acids is 2. The molecule has 0 radical (unpaired) electrons.